The Morgan fingerprint density at radius 1 is 1.32 bits per heavy atom. The van der Waals surface area contributed by atoms with Gasteiger partial charge in [0, 0.05) is 31.7 Å². The second kappa shape index (κ2) is 8.93. The molecule has 0 aromatic carbocycles. The largest absolute Gasteiger partial charge is 0.381 e. The van der Waals surface area contributed by atoms with Crippen molar-refractivity contribution in [1.82, 2.24) is 10.2 Å². The quantitative estimate of drug-likeness (QED) is 0.697. The van der Waals surface area contributed by atoms with Crippen molar-refractivity contribution < 1.29 is 4.74 Å². The lowest BCUT2D eigenvalue weighted by molar-refractivity contribution is -0.0270. The van der Waals surface area contributed by atoms with Gasteiger partial charge in [-0.2, -0.15) is 0 Å². The first-order valence-electron chi connectivity index (χ1n) is 8.16. The Kier molecular flexibility index (Phi) is 7.96. The minimum atomic E-state index is 0.331. The molecule has 0 aliphatic carbocycles. The predicted octanol–water partition coefficient (Wildman–Crippen LogP) is 2.76. The normalized spacial score (nSPS) is 25.7. The van der Waals surface area contributed by atoms with Crippen LogP contribution in [0.1, 0.15) is 47.0 Å². The smallest absolute Gasteiger partial charge is 0.0546 e. The lowest BCUT2D eigenvalue weighted by atomic mass is 9.81. The van der Waals surface area contributed by atoms with Crippen molar-refractivity contribution in [3.8, 4) is 0 Å². The summed E-state index contributed by atoms with van der Waals surface area (Å²) < 4.78 is 5.79. The van der Waals surface area contributed by atoms with Gasteiger partial charge in [0.1, 0.15) is 0 Å². The van der Waals surface area contributed by atoms with E-state index in [-0.39, 0.29) is 0 Å². The molecule has 1 saturated heterocycles. The molecular formula is C16H34N2O. The summed E-state index contributed by atoms with van der Waals surface area (Å²) in [6.45, 7) is 16.7. The van der Waals surface area contributed by atoms with Gasteiger partial charge < -0.3 is 15.0 Å². The lowest BCUT2D eigenvalue weighted by Crippen LogP contribution is -2.49. The Hall–Kier alpha value is -0.120. The third kappa shape index (κ3) is 5.80. The van der Waals surface area contributed by atoms with E-state index >= 15 is 0 Å². The summed E-state index contributed by atoms with van der Waals surface area (Å²) in [5.41, 5.74) is 0.331. The monoisotopic (exact) mass is 270 g/mol. The van der Waals surface area contributed by atoms with Gasteiger partial charge in [-0.25, -0.2) is 0 Å². The summed E-state index contributed by atoms with van der Waals surface area (Å²) in [4.78, 5) is 2.63. The molecule has 0 aromatic heterocycles. The molecule has 1 aliphatic rings. The molecule has 0 bridgehead atoms. The third-order valence-electron chi connectivity index (χ3n) is 4.43. The fourth-order valence-corrected chi connectivity index (χ4v) is 2.97. The lowest BCUT2D eigenvalue weighted by Gasteiger charge is -2.41. The predicted molar refractivity (Wildman–Crippen MR) is 82.6 cm³/mol. The van der Waals surface area contributed by atoms with E-state index in [1.807, 2.05) is 0 Å². The molecule has 1 fully saturated rings. The first-order chi connectivity index (χ1) is 9.15. The van der Waals surface area contributed by atoms with Gasteiger partial charge in [-0.3, -0.25) is 0 Å². The van der Waals surface area contributed by atoms with Crippen molar-refractivity contribution in [2.75, 3.05) is 45.9 Å². The molecule has 1 N–H and O–H groups in total. The Labute approximate surface area is 120 Å². The minimum absolute atomic E-state index is 0.331. The van der Waals surface area contributed by atoms with Crippen molar-refractivity contribution in [1.29, 1.82) is 0 Å². The van der Waals surface area contributed by atoms with Crippen molar-refractivity contribution in [2.45, 2.75) is 47.0 Å². The van der Waals surface area contributed by atoms with Crippen LogP contribution in [0.25, 0.3) is 0 Å². The summed E-state index contributed by atoms with van der Waals surface area (Å²) >= 11 is 0. The second-order valence-corrected chi connectivity index (χ2v) is 6.28. The molecule has 0 spiro atoms. The fourth-order valence-electron chi connectivity index (χ4n) is 2.97. The number of ether oxygens (including phenoxy) is 1. The second-order valence-electron chi connectivity index (χ2n) is 6.28. The van der Waals surface area contributed by atoms with Crippen LogP contribution in [0.2, 0.25) is 0 Å². The van der Waals surface area contributed by atoms with Crippen LogP contribution < -0.4 is 5.32 Å². The van der Waals surface area contributed by atoms with Gasteiger partial charge in [-0.15, -0.1) is 0 Å². The van der Waals surface area contributed by atoms with Crippen LogP contribution in [0.3, 0.4) is 0 Å². The summed E-state index contributed by atoms with van der Waals surface area (Å²) in [7, 11) is 0. The van der Waals surface area contributed by atoms with E-state index in [0.717, 1.165) is 38.8 Å². The van der Waals surface area contributed by atoms with Crippen molar-refractivity contribution in [2.24, 2.45) is 11.3 Å². The molecule has 0 amide bonds. The molecule has 2 atom stereocenters. The molecular weight excluding hydrogens is 236 g/mol. The zero-order valence-corrected chi connectivity index (χ0v) is 13.5. The Morgan fingerprint density at radius 2 is 2.11 bits per heavy atom. The third-order valence-corrected chi connectivity index (χ3v) is 4.43. The molecule has 1 aliphatic heterocycles. The summed E-state index contributed by atoms with van der Waals surface area (Å²) in [5, 5.41) is 3.55. The van der Waals surface area contributed by atoms with Crippen molar-refractivity contribution >= 4 is 0 Å². The molecule has 0 aromatic rings. The highest BCUT2D eigenvalue weighted by Crippen LogP contribution is 2.29. The standard InChI is InChI=1S/C16H34N2O/c1-5-15(4)11-18(7-3)13-16(12-17-6-2)9-8-10-19-14-16/h15,17H,5-14H2,1-4H3. The molecule has 3 nitrogen and oxygen atoms in total. The van der Waals surface area contributed by atoms with Gasteiger partial charge in [-0.1, -0.05) is 34.1 Å². The highest BCUT2D eigenvalue weighted by atomic mass is 16.5. The Bertz CT molecular complexity index is 227. The number of hydrogen-bond acceptors (Lipinski definition) is 3. The maximum atomic E-state index is 5.79. The number of rotatable bonds is 9. The summed E-state index contributed by atoms with van der Waals surface area (Å²) in [6.07, 6.45) is 3.79. The fraction of sp³-hybridized carbons (Fsp3) is 1.00. The van der Waals surface area contributed by atoms with E-state index in [4.69, 9.17) is 4.74 Å². The van der Waals surface area contributed by atoms with E-state index in [0.29, 0.717) is 5.41 Å². The highest BCUT2D eigenvalue weighted by Gasteiger charge is 2.34. The molecule has 0 radical (unpaired) electrons. The number of nitrogens with zero attached hydrogens (tertiary/aromatic N) is 1. The zero-order valence-electron chi connectivity index (χ0n) is 13.5. The Morgan fingerprint density at radius 3 is 2.63 bits per heavy atom. The summed E-state index contributed by atoms with van der Waals surface area (Å²) in [6, 6.07) is 0. The average molecular weight is 270 g/mol. The van der Waals surface area contributed by atoms with Gasteiger partial charge in [-0.05, 0) is 31.8 Å². The van der Waals surface area contributed by atoms with Crippen molar-refractivity contribution in [3.05, 3.63) is 0 Å². The topological polar surface area (TPSA) is 24.5 Å². The maximum Gasteiger partial charge on any atom is 0.0546 e. The van der Waals surface area contributed by atoms with Crippen LogP contribution in [0.15, 0.2) is 0 Å². The van der Waals surface area contributed by atoms with Crippen LogP contribution in [-0.2, 0) is 4.74 Å². The minimum Gasteiger partial charge on any atom is -0.381 e. The van der Waals surface area contributed by atoms with Crippen LogP contribution in [0.4, 0.5) is 0 Å². The number of nitrogens with one attached hydrogen (secondary N) is 1. The van der Waals surface area contributed by atoms with Crippen molar-refractivity contribution in [3.63, 3.8) is 0 Å². The first kappa shape index (κ1) is 16.9. The maximum absolute atomic E-state index is 5.79. The van der Waals surface area contributed by atoms with E-state index in [1.165, 1.54) is 32.4 Å². The van der Waals surface area contributed by atoms with Crippen LogP contribution >= 0.6 is 0 Å². The first-order valence-corrected chi connectivity index (χ1v) is 8.16. The molecule has 3 heteroatoms. The number of hydrogen-bond donors (Lipinski definition) is 1. The van der Waals surface area contributed by atoms with Gasteiger partial charge in [0.05, 0.1) is 6.61 Å². The van der Waals surface area contributed by atoms with E-state index in [1.54, 1.807) is 0 Å². The summed E-state index contributed by atoms with van der Waals surface area (Å²) in [5.74, 6) is 0.792. The SMILES string of the molecule is CCNCC1(CN(CC)CC(C)CC)CCCOC1. The molecule has 0 saturated carbocycles. The Balaban J connectivity index is 2.57. The van der Waals surface area contributed by atoms with Gasteiger partial charge in [0.25, 0.3) is 0 Å². The molecule has 1 rings (SSSR count). The molecule has 114 valence electrons. The van der Waals surface area contributed by atoms with Crippen LogP contribution in [0.5, 0.6) is 0 Å². The van der Waals surface area contributed by atoms with Gasteiger partial charge in [0.2, 0.25) is 0 Å². The van der Waals surface area contributed by atoms with Gasteiger partial charge >= 0.3 is 0 Å². The van der Waals surface area contributed by atoms with Gasteiger partial charge in [0.15, 0.2) is 0 Å². The zero-order chi connectivity index (χ0) is 14.1. The van der Waals surface area contributed by atoms with E-state index < -0.39 is 0 Å². The molecule has 19 heavy (non-hydrogen) atoms. The highest BCUT2D eigenvalue weighted by molar-refractivity contribution is 4.87. The van der Waals surface area contributed by atoms with E-state index in [2.05, 4.69) is 37.9 Å². The van der Waals surface area contributed by atoms with Crippen LogP contribution in [-0.4, -0.2) is 50.8 Å². The average Bonchev–Trinajstić information content (AvgIpc) is 2.45. The van der Waals surface area contributed by atoms with Crippen LogP contribution in [0, 0.1) is 11.3 Å². The van der Waals surface area contributed by atoms with E-state index in [9.17, 15) is 0 Å². The molecule has 1 heterocycles. The molecule has 2 unspecified atom stereocenters.